The third-order valence-electron chi connectivity index (χ3n) is 8.02. The molecule has 40 heavy (non-hydrogen) atoms. The van der Waals surface area contributed by atoms with Crippen molar-refractivity contribution >= 4 is 39.1 Å². The molecule has 14 heteroatoms. The first-order valence-corrected chi connectivity index (χ1v) is 14.9. The summed E-state index contributed by atoms with van der Waals surface area (Å²) in [4.78, 5) is 25.9. The van der Waals surface area contributed by atoms with Gasteiger partial charge in [0.1, 0.15) is 5.82 Å². The van der Waals surface area contributed by atoms with E-state index in [1.807, 2.05) is 4.90 Å². The monoisotopic (exact) mass is 582 g/mol. The molecule has 1 aliphatic carbocycles. The van der Waals surface area contributed by atoms with E-state index in [0.717, 1.165) is 6.42 Å². The average Bonchev–Trinajstić information content (AvgIpc) is 3.62. The molecule has 3 fully saturated rings. The zero-order valence-corrected chi connectivity index (χ0v) is 23.0. The second-order valence-corrected chi connectivity index (χ2v) is 12.8. The Morgan fingerprint density at radius 3 is 2.52 bits per heavy atom. The first-order chi connectivity index (χ1) is 18.9. The van der Waals surface area contributed by atoms with Gasteiger partial charge in [-0.15, -0.1) is 0 Å². The predicted molar refractivity (Wildman–Crippen MR) is 145 cm³/mol. The van der Waals surface area contributed by atoms with Crippen molar-refractivity contribution in [2.45, 2.75) is 38.5 Å². The molecule has 2 saturated heterocycles. The van der Waals surface area contributed by atoms with Crippen LogP contribution < -0.4 is 19.8 Å². The predicted octanol–water partition coefficient (Wildman–Crippen LogP) is 3.19. The molecule has 1 unspecified atom stereocenters. The fourth-order valence-electron chi connectivity index (χ4n) is 5.54. The van der Waals surface area contributed by atoms with Crippen LogP contribution in [0.2, 0.25) is 0 Å². The molecule has 10 nitrogen and oxygen atoms in total. The number of alkyl halides is 3. The summed E-state index contributed by atoms with van der Waals surface area (Å²) in [7, 11) is -3.79. The Bertz CT molecular complexity index is 1380. The van der Waals surface area contributed by atoms with Crippen LogP contribution in [0.3, 0.4) is 0 Å². The molecule has 2 atom stereocenters. The Morgan fingerprint density at radius 2 is 1.85 bits per heavy atom. The van der Waals surface area contributed by atoms with Gasteiger partial charge in [0.25, 0.3) is 11.8 Å². The molecule has 1 amide bonds. The first-order valence-electron chi connectivity index (χ1n) is 13.3. The molecule has 218 valence electrons. The minimum Gasteiger partial charge on any atom is -0.395 e. The lowest BCUT2D eigenvalue weighted by Crippen LogP contribution is -2.40. The molecule has 3 N–H and O–H groups in total. The number of aliphatic hydroxyl groups excluding tert-OH is 1. The smallest absolute Gasteiger partial charge is 0.258 e. The first kappa shape index (κ1) is 28.4. The maximum absolute atomic E-state index is 13.6. The Balaban J connectivity index is 1.40. The summed E-state index contributed by atoms with van der Waals surface area (Å²) < 4.78 is 67.8. The lowest BCUT2D eigenvalue weighted by molar-refractivity contribution is -0.0222. The van der Waals surface area contributed by atoms with Crippen LogP contribution in [0.5, 0.6) is 0 Å². The van der Waals surface area contributed by atoms with E-state index in [2.05, 4.69) is 20.0 Å². The van der Waals surface area contributed by atoms with E-state index in [-0.39, 0.29) is 67.0 Å². The summed E-state index contributed by atoms with van der Waals surface area (Å²) in [6.07, 6.45) is 0.795. The second-order valence-electron chi connectivity index (χ2n) is 11.0. The lowest BCUT2D eigenvalue weighted by Gasteiger charge is -2.33. The van der Waals surface area contributed by atoms with Crippen molar-refractivity contribution in [2.24, 2.45) is 11.3 Å². The number of hydrogen-bond acceptors (Lipinski definition) is 8. The number of benzene rings is 1. The van der Waals surface area contributed by atoms with Crippen molar-refractivity contribution in [3.63, 3.8) is 0 Å². The molecule has 2 aliphatic heterocycles. The van der Waals surface area contributed by atoms with Crippen molar-refractivity contribution in [3.05, 3.63) is 35.5 Å². The highest BCUT2D eigenvalue weighted by molar-refractivity contribution is 7.92. The number of aromatic nitrogens is 2. The number of aliphatic hydroxyl groups is 1. The van der Waals surface area contributed by atoms with Gasteiger partial charge in [-0.1, -0.05) is 0 Å². The van der Waals surface area contributed by atoms with E-state index in [1.165, 1.54) is 12.1 Å². The van der Waals surface area contributed by atoms with Gasteiger partial charge in [-0.3, -0.25) is 13.9 Å². The third-order valence-corrected chi connectivity index (χ3v) is 9.29. The molecule has 5 rings (SSSR count). The number of hydrogen-bond donors (Lipinski definition) is 3. The van der Waals surface area contributed by atoms with Crippen LogP contribution in [0, 0.1) is 18.3 Å². The van der Waals surface area contributed by atoms with E-state index in [1.54, 1.807) is 24.0 Å². The Labute approximate surface area is 231 Å². The fourth-order valence-corrected chi connectivity index (χ4v) is 6.36. The number of nitrogens with one attached hydrogen (secondary N) is 2. The SMILES string of the molecule is Cc1cc(NC(=O)c2ccc(NS(=O)(=O)CCO)cc2N2CC[C@]3(CF)CC3C2)nc(N2CCC(F)(F)CC2)n1. The topological polar surface area (TPSA) is 128 Å². The lowest BCUT2D eigenvalue weighted by atomic mass is 9.96. The van der Waals surface area contributed by atoms with Crippen LogP contribution >= 0.6 is 0 Å². The number of sulfonamides is 1. The number of rotatable bonds is 9. The molecule has 1 saturated carbocycles. The minimum atomic E-state index is -3.79. The molecule has 1 aromatic heterocycles. The van der Waals surface area contributed by atoms with E-state index >= 15 is 0 Å². The summed E-state index contributed by atoms with van der Waals surface area (Å²) in [5.74, 6) is -3.06. The molecule has 3 heterocycles. The quantitative estimate of drug-likeness (QED) is 0.412. The minimum absolute atomic E-state index is 0.0954. The number of anilines is 4. The van der Waals surface area contributed by atoms with Gasteiger partial charge >= 0.3 is 0 Å². The van der Waals surface area contributed by atoms with Crippen molar-refractivity contribution in [1.82, 2.24) is 9.97 Å². The number of piperidine rings is 2. The number of carbonyl (C=O) groups is 1. The molecular formula is C26H33F3N6O4S. The highest BCUT2D eigenvalue weighted by atomic mass is 32.2. The van der Waals surface area contributed by atoms with Gasteiger partial charge in [-0.2, -0.15) is 4.98 Å². The molecule has 2 aromatic rings. The number of nitrogens with zero attached hydrogens (tertiary/aromatic N) is 4. The molecule has 0 spiro atoms. The zero-order valence-electron chi connectivity index (χ0n) is 22.2. The highest BCUT2D eigenvalue weighted by Gasteiger charge is 2.56. The Morgan fingerprint density at radius 1 is 1.12 bits per heavy atom. The number of aryl methyl sites for hydroxylation is 1. The largest absolute Gasteiger partial charge is 0.395 e. The number of fused-ring (bicyclic) bond motifs is 1. The maximum Gasteiger partial charge on any atom is 0.258 e. The van der Waals surface area contributed by atoms with Gasteiger partial charge in [0, 0.05) is 56.2 Å². The summed E-state index contributed by atoms with van der Waals surface area (Å²) in [6.45, 7) is 2.03. The van der Waals surface area contributed by atoms with Crippen molar-refractivity contribution in [3.8, 4) is 0 Å². The van der Waals surface area contributed by atoms with Gasteiger partial charge in [-0.25, -0.2) is 22.2 Å². The van der Waals surface area contributed by atoms with Gasteiger partial charge in [0.2, 0.25) is 16.0 Å². The number of carbonyl (C=O) groups excluding carboxylic acids is 1. The van der Waals surface area contributed by atoms with Gasteiger partial charge < -0.3 is 20.2 Å². The number of halogens is 3. The highest BCUT2D eigenvalue weighted by Crippen LogP contribution is 2.58. The van der Waals surface area contributed by atoms with Gasteiger partial charge in [-0.05, 0) is 43.9 Å². The van der Waals surface area contributed by atoms with Crippen LogP contribution in [0.15, 0.2) is 24.3 Å². The molecule has 0 radical (unpaired) electrons. The van der Waals surface area contributed by atoms with E-state index < -0.39 is 34.2 Å². The third kappa shape index (κ3) is 6.12. The van der Waals surface area contributed by atoms with Crippen molar-refractivity contribution < 1.29 is 31.5 Å². The molecule has 0 bridgehead atoms. The van der Waals surface area contributed by atoms with Crippen molar-refractivity contribution in [2.75, 3.05) is 65.1 Å². The Hall–Kier alpha value is -3.13. The van der Waals surface area contributed by atoms with Crippen LogP contribution in [-0.4, -0.2) is 80.5 Å². The van der Waals surface area contributed by atoms with Crippen LogP contribution in [0.4, 0.5) is 36.3 Å². The van der Waals surface area contributed by atoms with Gasteiger partial charge in [0.05, 0.1) is 36.0 Å². The summed E-state index contributed by atoms with van der Waals surface area (Å²) in [6, 6.07) is 6.12. The van der Waals surface area contributed by atoms with Gasteiger partial charge in [0.15, 0.2) is 0 Å². The summed E-state index contributed by atoms with van der Waals surface area (Å²) >= 11 is 0. The van der Waals surface area contributed by atoms with Crippen LogP contribution in [0.25, 0.3) is 0 Å². The molecular weight excluding hydrogens is 549 g/mol. The van der Waals surface area contributed by atoms with E-state index in [0.29, 0.717) is 30.9 Å². The van der Waals surface area contributed by atoms with E-state index in [4.69, 9.17) is 5.11 Å². The zero-order chi connectivity index (χ0) is 28.7. The van der Waals surface area contributed by atoms with Crippen molar-refractivity contribution in [1.29, 1.82) is 0 Å². The average molecular weight is 583 g/mol. The summed E-state index contributed by atoms with van der Waals surface area (Å²) in [5, 5.41) is 11.8. The molecule has 3 aliphatic rings. The standard InChI is InChI=1S/C26H33F3N6O4S/c1-17-12-22(32-24(30-17)34-8-5-26(28,29)6-9-34)31-23(37)20-3-2-19(33-40(38,39)11-10-36)13-21(20)35-7-4-25(16-27)14-18(25)15-35/h2-3,12-13,18,33,36H,4-11,14-16H2,1H3,(H,30,31,32,37)/t18?,25-/m1/s1. The summed E-state index contributed by atoms with van der Waals surface area (Å²) in [5.41, 5.74) is 1.25. The van der Waals surface area contributed by atoms with Crippen LogP contribution in [0.1, 0.15) is 41.7 Å². The normalized spacial score (nSPS) is 23.9. The maximum atomic E-state index is 13.6. The second kappa shape index (κ2) is 10.7. The molecule has 1 aromatic carbocycles. The number of amides is 1. The Kier molecular flexibility index (Phi) is 7.59. The fraction of sp³-hybridized carbons (Fsp3) is 0.577. The van der Waals surface area contributed by atoms with Crippen LogP contribution in [-0.2, 0) is 10.0 Å². The van der Waals surface area contributed by atoms with E-state index in [9.17, 15) is 26.4 Å².